The van der Waals surface area contributed by atoms with Gasteiger partial charge in [-0.1, -0.05) is 30.3 Å². The van der Waals surface area contributed by atoms with Crippen LogP contribution in [0.2, 0.25) is 0 Å². The SMILES string of the molecule is O=C(c1cc2cc(F)ccc2[nH]1)N1CCC(N2C(=O)OCC2c2ccccc2)CC1. The van der Waals surface area contributed by atoms with Crippen LogP contribution in [-0.2, 0) is 4.74 Å². The number of amides is 2. The van der Waals surface area contributed by atoms with Crippen molar-refractivity contribution in [3.05, 3.63) is 71.7 Å². The van der Waals surface area contributed by atoms with Crippen molar-refractivity contribution in [1.82, 2.24) is 14.8 Å². The van der Waals surface area contributed by atoms with Gasteiger partial charge in [-0.3, -0.25) is 9.69 Å². The van der Waals surface area contributed by atoms with E-state index in [1.807, 2.05) is 35.2 Å². The fourth-order valence-electron chi connectivity index (χ4n) is 4.50. The number of H-pyrrole nitrogens is 1. The highest BCUT2D eigenvalue weighted by atomic mass is 19.1. The van der Waals surface area contributed by atoms with Gasteiger partial charge in [-0.05, 0) is 42.7 Å². The van der Waals surface area contributed by atoms with Crippen LogP contribution in [0.5, 0.6) is 0 Å². The lowest BCUT2D eigenvalue weighted by Crippen LogP contribution is -2.47. The number of carbonyl (C=O) groups is 2. The molecular formula is C23H22FN3O3. The third kappa shape index (κ3) is 3.30. The number of nitrogens with zero attached hydrogens (tertiary/aromatic N) is 2. The summed E-state index contributed by atoms with van der Waals surface area (Å²) in [7, 11) is 0. The summed E-state index contributed by atoms with van der Waals surface area (Å²) >= 11 is 0. The maximum atomic E-state index is 13.4. The Labute approximate surface area is 173 Å². The highest BCUT2D eigenvalue weighted by Crippen LogP contribution is 2.33. The molecule has 1 atom stereocenters. The average molecular weight is 407 g/mol. The Hall–Kier alpha value is -3.35. The summed E-state index contributed by atoms with van der Waals surface area (Å²) in [5.41, 5.74) is 2.25. The lowest BCUT2D eigenvalue weighted by atomic mass is 9.99. The molecule has 1 N–H and O–H groups in total. The van der Waals surface area contributed by atoms with Crippen molar-refractivity contribution in [1.29, 1.82) is 0 Å². The zero-order valence-electron chi connectivity index (χ0n) is 16.4. The summed E-state index contributed by atoms with van der Waals surface area (Å²) in [6.07, 6.45) is 1.10. The van der Waals surface area contributed by atoms with Crippen molar-refractivity contribution in [2.24, 2.45) is 0 Å². The number of hydrogen-bond acceptors (Lipinski definition) is 3. The maximum absolute atomic E-state index is 13.4. The number of carbonyl (C=O) groups excluding carboxylic acids is 2. The van der Waals surface area contributed by atoms with Crippen LogP contribution in [-0.4, -0.2) is 52.5 Å². The van der Waals surface area contributed by atoms with Gasteiger partial charge in [0.05, 0.1) is 6.04 Å². The minimum absolute atomic E-state index is 0.0334. The van der Waals surface area contributed by atoms with E-state index in [0.717, 1.165) is 11.1 Å². The topological polar surface area (TPSA) is 65.6 Å². The van der Waals surface area contributed by atoms with Crippen LogP contribution in [0.1, 0.15) is 34.9 Å². The standard InChI is InChI=1S/C23H22FN3O3/c24-17-6-7-19-16(12-17)13-20(25-19)22(28)26-10-8-18(9-11-26)27-21(14-30-23(27)29)15-4-2-1-3-5-15/h1-7,12-13,18,21,25H,8-11,14H2. The summed E-state index contributed by atoms with van der Waals surface area (Å²) in [5, 5.41) is 0.679. The molecule has 1 aromatic heterocycles. The summed E-state index contributed by atoms with van der Waals surface area (Å²) in [6.45, 7) is 1.46. The minimum atomic E-state index is -0.327. The van der Waals surface area contributed by atoms with Gasteiger partial charge < -0.3 is 14.6 Å². The number of rotatable bonds is 3. The molecule has 2 fully saturated rings. The number of likely N-dealkylation sites (tertiary alicyclic amines) is 1. The second-order valence-corrected chi connectivity index (χ2v) is 7.85. The van der Waals surface area contributed by atoms with E-state index in [4.69, 9.17) is 4.74 Å². The number of cyclic esters (lactones) is 1. The Balaban J connectivity index is 1.28. The van der Waals surface area contributed by atoms with Gasteiger partial charge in [-0.2, -0.15) is 0 Å². The highest BCUT2D eigenvalue weighted by Gasteiger charge is 2.40. The van der Waals surface area contributed by atoms with Crippen LogP contribution in [0.4, 0.5) is 9.18 Å². The number of nitrogens with one attached hydrogen (secondary N) is 1. The predicted molar refractivity (Wildman–Crippen MR) is 110 cm³/mol. The van der Waals surface area contributed by atoms with E-state index in [1.165, 1.54) is 12.1 Å². The first-order valence-corrected chi connectivity index (χ1v) is 10.2. The zero-order valence-corrected chi connectivity index (χ0v) is 16.4. The summed E-state index contributed by atoms with van der Waals surface area (Å²) < 4.78 is 18.8. The number of ether oxygens (including phenoxy) is 1. The maximum Gasteiger partial charge on any atom is 0.410 e. The molecule has 0 aliphatic carbocycles. The number of aromatic nitrogens is 1. The van der Waals surface area contributed by atoms with Crippen molar-refractivity contribution in [3.8, 4) is 0 Å². The van der Waals surface area contributed by atoms with E-state index in [9.17, 15) is 14.0 Å². The van der Waals surface area contributed by atoms with Gasteiger partial charge in [0.25, 0.3) is 5.91 Å². The number of hydrogen-bond donors (Lipinski definition) is 1. The largest absolute Gasteiger partial charge is 0.447 e. The first-order valence-electron chi connectivity index (χ1n) is 10.2. The number of halogens is 1. The summed E-state index contributed by atoms with van der Waals surface area (Å²) in [6, 6.07) is 16.0. The monoisotopic (exact) mass is 407 g/mol. The average Bonchev–Trinajstić information content (AvgIpc) is 3.37. The van der Waals surface area contributed by atoms with Crippen LogP contribution in [0.25, 0.3) is 10.9 Å². The fraction of sp³-hybridized carbons (Fsp3) is 0.304. The van der Waals surface area contributed by atoms with Crippen LogP contribution < -0.4 is 0 Å². The summed E-state index contributed by atoms with van der Waals surface area (Å²) in [5.74, 6) is -0.430. The van der Waals surface area contributed by atoms with Gasteiger partial charge in [-0.15, -0.1) is 0 Å². The molecule has 1 unspecified atom stereocenters. The van der Waals surface area contributed by atoms with Crippen molar-refractivity contribution in [3.63, 3.8) is 0 Å². The molecule has 7 heteroatoms. The molecule has 0 bridgehead atoms. The van der Waals surface area contributed by atoms with Crippen molar-refractivity contribution in [2.75, 3.05) is 19.7 Å². The zero-order chi connectivity index (χ0) is 20.7. The van der Waals surface area contributed by atoms with Gasteiger partial charge >= 0.3 is 6.09 Å². The fourth-order valence-corrected chi connectivity index (χ4v) is 4.50. The van der Waals surface area contributed by atoms with Gasteiger partial charge in [-0.25, -0.2) is 9.18 Å². The van der Waals surface area contributed by atoms with Gasteiger partial charge in [0.2, 0.25) is 0 Å². The lowest BCUT2D eigenvalue weighted by Gasteiger charge is -2.37. The molecule has 2 amide bonds. The second-order valence-electron chi connectivity index (χ2n) is 7.85. The molecule has 2 aromatic carbocycles. The number of aromatic amines is 1. The van der Waals surface area contributed by atoms with Gasteiger partial charge in [0.15, 0.2) is 0 Å². The quantitative estimate of drug-likeness (QED) is 0.711. The second kappa shape index (κ2) is 7.48. The van der Waals surface area contributed by atoms with Crippen molar-refractivity contribution < 1.29 is 18.7 Å². The Kier molecular flexibility index (Phi) is 4.65. The third-order valence-corrected chi connectivity index (χ3v) is 6.05. The first kappa shape index (κ1) is 18.7. The molecule has 6 nitrogen and oxygen atoms in total. The molecule has 0 spiro atoms. The molecule has 3 heterocycles. The molecule has 0 saturated carbocycles. The first-order chi connectivity index (χ1) is 14.6. The minimum Gasteiger partial charge on any atom is -0.447 e. The number of benzene rings is 2. The molecule has 30 heavy (non-hydrogen) atoms. The Morgan fingerprint density at radius 2 is 1.83 bits per heavy atom. The summed E-state index contributed by atoms with van der Waals surface area (Å²) in [4.78, 5) is 32.0. The highest BCUT2D eigenvalue weighted by molar-refractivity contribution is 5.98. The third-order valence-electron chi connectivity index (χ3n) is 6.05. The van der Waals surface area contributed by atoms with E-state index in [-0.39, 0.29) is 29.9 Å². The van der Waals surface area contributed by atoms with Crippen LogP contribution in [0.15, 0.2) is 54.6 Å². The van der Waals surface area contributed by atoms with E-state index in [1.54, 1.807) is 17.0 Å². The van der Waals surface area contributed by atoms with E-state index >= 15 is 0 Å². The van der Waals surface area contributed by atoms with E-state index < -0.39 is 0 Å². The smallest absolute Gasteiger partial charge is 0.410 e. The van der Waals surface area contributed by atoms with Crippen LogP contribution in [0.3, 0.4) is 0 Å². The predicted octanol–water partition coefficient (Wildman–Crippen LogP) is 4.11. The number of piperidine rings is 1. The van der Waals surface area contributed by atoms with Gasteiger partial charge in [0.1, 0.15) is 18.1 Å². The van der Waals surface area contributed by atoms with Crippen LogP contribution in [0, 0.1) is 5.82 Å². The van der Waals surface area contributed by atoms with Crippen LogP contribution >= 0.6 is 0 Å². The normalized spacial score (nSPS) is 20.0. The molecule has 2 saturated heterocycles. The lowest BCUT2D eigenvalue weighted by molar-refractivity contribution is 0.0631. The van der Waals surface area contributed by atoms with E-state index in [2.05, 4.69) is 4.98 Å². The van der Waals surface area contributed by atoms with Crippen molar-refractivity contribution >= 4 is 22.9 Å². The van der Waals surface area contributed by atoms with Crippen molar-refractivity contribution in [2.45, 2.75) is 24.9 Å². The molecule has 5 rings (SSSR count). The Morgan fingerprint density at radius 3 is 2.60 bits per heavy atom. The Morgan fingerprint density at radius 1 is 1.07 bits per heavy atom. The molecule has 2 aliphatic heterocycles. The van der Waals surface area contributed by atoms with E-state index in [0.29, 0.717) is 43.6 Å². The molecule has 3 aromatic rings. The molecule has 154 valence electrons. The molecule has 2 aliphatic rings. The Bertz CT molecular complexity index is 1090. The number of fused-ring (bicyclic) bond motifs is 1. The molecule has 0 radical (unpaired) electrons. The van der Waals surface area contributed by atoms with Gasteiger partial charge in [0, 0.05) is 30.0 Å². The molecular weight excluding hydrogens is 385 g/mol.